The van der Waals surface area contributed by atoms with E-state index in [1.807, 2.05) is 59.7 Å². The van der Waals surface area contributed by atoms with E-state index in [9.17, 15) is 4.79 Å². The third kappa shape index (κ3) is 5.02. The highest BCUT2D eigenvalue weighted by atomic mass is 32.1. The van der Waals surface area contributed by atoms with Crippen LogP contribution in [0.5, 0.6) is 0 Å². The van der Waals surface area contributed by atoms with Gasteiger partial charge in [-0.05, 0) is 42.0 Å². The van der Waals surface area contributed by atoms with Gasteiger partial charge in [0.2, 0.25) is 11.8 Å². The molecular weight excluding hydrogens is 394 g/mol. The predicted octanol–water partition coefficient (Wildman–Crippen LogP) is 4.92. The molecule has 0 N–H and O–H groups in total. The number of nitrogens with zero attached hydrogens (tertiary/aromatic N) is 3. The Kier molecular flexibility index (Phi) is 6.35. The van der Waals surface area contributed by atoms with Crippen LogP contribution in [0, 0.1) is 6.92 Å². The molecule has 0 aliphatic heterocycles. The van der Waals surface area contributed by atoms with Gasteiger partial charge in [0.1, 0.15) is 5.76 Å². The van der Waals surface area contributed by atoms with Gasteiger partial charge in [-0.1, -0.05) is 42.5 Å². The second-order valence-corrected chi connectivity index (χ2v) is 8.04. The number of carbonyl (C=O) groups excluding carboxylic acids is 1. The first kappa shape index (κ1) is 20.0. The van der Waals surface area contributed by atoms with Gasteiger partial charge in [0.25, 0.3) is 0 Å². The standard InChI is InChI=1S/C24H23N3O2S/c1-18-21(26-24(29-18)22-10-6-14-30-22)15-23(28)27(17-20-9-5-12-25-16-20)13-11-19-7-3-2-4-8-19/h2-10,12,14,16H,11,13,15,17H2,1H3. The summed E-state index contributed by atoms with van der Waals surface area (Å²) in [4.78, 5) is 24.8. The van der Waals surface area contributed by atoms with Crippen LogP contribution >= 0.6 is 11.3 Å². The number of amides is 1. The van der Waals surface area contributed by atoms with Crippen LogP contribution in [0.1, 0.15) is 22.6 Å². The molecule has 0 spiro atoms. The first-order chi connectivity index (χ1) is 14.7. The van der Waals surface area contributed by atoms with Crippen molar-refractivity contribution in [2.75, 3.05) is 6.54 Å². The molecule has 0 saturated carbocycles. The Morgan fingerprint density at radius 2 is 1.90 bits per heavy atom. The molecule has 30 heavy (non-hydrogen) atoms. The summed E-state index contributed by atoms with van der Waals surface area (Å²) in [6.07, 6.45) is 4.56. The predicted molar refractivity (Wildman–Crippen MR) is 118 cm³/mol. The maximum Gasteiger partial charge on any atom is 0.236 e. The third-order valence-electron chi connectivity index (χ3n) is 4.91. The third-order valence-corrected chi connectivity index (χ3v) is 5.76. The Morgan fingerprint density at radius 1 is 1.07 bits per heavy atom. The molecule has 152 valence electrons. The lowest BCUT2D eigenvalue weighted by Crippen LogP contribution is -2.34. The summed E-state index contributed by atoms with van der Waals surface area (Å²) < 4.78 is 5.81. The SMILES string of the molecule is Cc1oc(-c2cccs2)nc1CC(=O)N(CCc1ccccc1)Cc1cccnc1. The van der Waals surface area contributed by atoms with Crippen molar-refractivity contribution in [1.82, 2.24) is 14.9 Å². The zero-order valence-electron chi connectivity index (χ0n) is 16.8. The summed E-state index contributed by atoms with van der Waals surface area (Å²) in [6.45, 7) is 3.02. The van der Waals surface area contributed by atoms with Crippen molar-refractivity contribution in [3.8, 4) is 10.8 Å². The highest BCUT2D eigenvalue weighted by molar-refractivity contribution is 7.13. The molecule has 0 bridgehead atoms. The highest BCUT2D eigenvalue weighted by Gasteiger charge is 2.20. The van der Waals surface area contributed by atoms with E-state index in [-0.39, 0.29) is 12.3 Å². The monoisotopic (exact) mass is 417 g/mol. The lowest BCUT2D eigenvalue weighted by Gasteiger charge is -2.22. The van der Waals surface area contributed by atoms with E-state index >= 15 is 0 Å². The van der Waals surface area contributed by atoms with E-state index < -0.39 is 0 Å². The minimum absolute atomic E-state index is 0.0314. The molecule has 5 nitrogen and oxygen atoms in total. The summed E-state index contributed by atoms with van der Waals surface area (Å²) in [6, 6.07) is 18.0. The number of thiophene rings is 1. The number of carbonyl (C=O) groups is 1. The summed E-state index contributed by atoms with van der Waals surface area (Å²) >= 11 is 1.57. The second-order valence-electron chi connectivity index (χ2n) is 7.09. The van der Waals surface area contributed by atoms with Gasteiger partial charge in [-0.3, -0.25) is 9.78 Å². The first-order valence-corrected chi connectivity index (χ1v) is 10.8. The number of oxazole rings is 1. The van der Waals surface area contributed by atoms with E-state index in [2.05, 4.69) is 22.1 Å². The Bertz CT molecular complexity index is 1080. The molecule has 0 atom stereocenters. The van der Waals surface area contributed by atoms with Crippen molar-refractivity contribution in [2.24, 2.45) is 0 Å². The summed E-state index contributed by atoms with van der Waals surface area (Å²) in [7, 11) is 0. The molecule has 1 aromatic carbocycles. The van der Waals surface area contributed by atoms with Crippen LogP contribution in [0.2, 0.25) is 0 Å². The fraction of sp³-hybridized carbons (Fsp3) is 0.208. The van der Waals surface area contributed by atoms with Crippen molar-refractivity contribution in [3.63, 3.8) is 0 Å². The number of pyridine rings is 1. The Morgan fingerprint density at radius 3 is 2.63 bits per heavy atom. The molecule has 0 saturated heterocycles. The molecule has 0 fully saturated rings. The molecule has 4 aromatic rings. The highest BCUT2D eigenvalue weighted by Crippen LogP contribution is 2.26. The number of hydrogen-bond acceptors (Lipinski definition) is 5. The van der Waals surface area contributed by atoms with E-state index in [1.54, 1.807) is 23.7 Å². The Balaban J connectivity index is 1.50. The minimum atomic E-state index is 0.0314. The van der Waals surface area contributed by atoms with Crippen molar-refractivity contribution in [3.05, 3.63) is 95.0 Å². The van der Waals surface area contributed by atoms with Crippen LogP contribution in [0.15, 0.2) is 76.8 Å². The molecule has 3 heterocycles. The lowest BCUT2D eigenvalue weighted by molar-refractivity contribution is -0.131. The van der Waals surface area contributed by atoms with Gasteiger partial charge in [-0.15, -0.1) is 11.3 Å². The van der Waals surface area contributed by atoms with Gasteiger partial charge in [0, 0.05) is 25.5 Å². The van der Waals surface area contributed by atoms with Crippen molar-refractivity contribution in [1.29, 1.82) is 0 Å². The molecule has 0 aliphatic rings. The summed E-state index contributed by atoms with van der Waals surface area (Å²) in [5.74, 6) is 1.30. The lowest BCUT2D eigenvalue weighted by atomic mass is 10.1. The second kappa shape index (κ2) is 9.50. The van der Waals surface area contributed by atoms with Gasteiger partial charge in [-0.25, -0.2) is 4.98 Å². The number of rotatable bonds is 8. The first-order valence-electron chi connectivity index (χ1n) is 9.90. The van der Waals surface area contributed by atoms with E-state index in [0.29, 0.717) is 30.4 Å². The average molecular weight is 418 g/mol. The van der Waals surface area contributed by atoms with Crippen molar-refractivity contribution in [2.45, 2.75) is 26.3 Å². The van der Waals surface area contributed by atoms with Crippen LogP contribution in [0.3, 0.4) is 0 Å². The van der Waals surface area contributed by atoms with Gasteiger partial charge in [0.15, 0.2) is 0 Å². The normalized spacial score (nSPS) is 10.8. The Labute approximate surface area is 180 Å². The zero-order valence-corrected chi connectivity index (χ0v) is 17.6. The van der Waals surface area contributed by atoms with Crippen LogP contribution < -0.4 is 0 Å². The van der Waals surface area contributed by atoms with E-state index in [4.69, 9.17) is 4.42 Å². The zero-order chi connectivity index (χ0) is 20.8. The fourth-order valence-corrected chi connectivity index (χ4v) is 3.91. The average Bonchev–Trinajstić information content (AvgIpc) is 3.43. The van der Waals surface area contributed by atoms with Crippen molar-refractivity contribution < 1.29 is 9.21 Å². The molecule has 0 aliphatic carbocycles. The maximum absolute atomic E-state index is 13.2. The van der Waals surface area contributed by atoms with E-state index in [0.717, 1.165) is 16.9 Å². The van der Waals surface area contributed by atoms with Crippen LogP contribution in [0.4, 0.5) is 0 Å². The topological polar surface area (TPSA) is 59.2 Å². The van der Waals surface area contributed by atoms with E-state index in [1.165, 1.54) is 5.56 Å². The molecular formula is C24H23N3O2S. The quantitative estimate of drug-likeness (QED) is 0.408. The van der Waals surface area contributed by atoms with Gasteiger partial charge < -0.3 is 9.32 Å². The number of aryl methyl sites for hydroxylation is 1. The number of benzene rings is 1. The largest absolute Gasteiger partial charge is 0.440 e. The molecule has 0 radical (unpaired) electrons. The van der Waals surface area contributed by atoms with Gasteiger partial charge >= 0.3 is 0 Å². The molecule has 4 rings (SSSR count). The number of aromatic nitrogens is 2. The fourth-order valence-electron chi connectivity index (χ4n) is 3.27. The maximum atomic E-state index is 13.2. The van der Waals surface area contributed by atoms with Crippen molar-refractivity contribution >= 4 is 17.2 Å². The summed E-state index contributed by atoms with van der Waals surface area (Å²) in [5, 5.41) is 1.99. The summed E-state index contributed by atoms with van der Waals surface area (Å²) in [5.41, 5.74) is 2.91. The molecule has 3 aromatic heterocycles. The Hall–Kier alpha value is -3.25. The van der Waals surface area contributed by atoms with Gasteiger partial charge in [0.05, 0.1) is 17.0 Å². The molecule has 1 amide bonds. The van der Waals surface area contributed by atoms with Crippen LogP contribution in [0.25, 0.3) is 10.8 Å². The number of hydrogen-bond donors (Lipinski definition) is 0. The minimum Gasteiger partial charge on any atom is -0.440 e. The van der Waals surface area contributed by atoms with Crippen LogP contribution in [-0.4, -0.2) is 27.3 Å². The van der Waals surface area contributed by atoms with Crippen LogP contribution in [-0.2, 0) is 24.2 Å². The smallest absolute Gasteiger partial charge is 0.236 e. The van der Waals surface area contributed by atoms with Gasteiger partial charge in [-0.2, -0.15) is 0 Å². The molecule has 0 unspecified atom stereocenters. The molecule has 6 heteroatoms.